The van der Waals surface area contributed by atoms with Crippen molar-refractivity contribution in [2.24, 2.45) is 0 Å². The van der Waals surface area contributed by atoms with Crippen LogP contribution in [0, 0.1) is 0 Å². The van der Waals surface area contributed by atoms with E-state index in [-0.39, 0.29) is 107 Å². The molecule has 0 saturated heterocycles. The van der Waals surface area contributed by atoms with Crippen molar-refractivity contribution in [3.63, 3.8) is 0 Å². The maximum Gasteiger partial charge on any atom is 1.00 e. The van der Waals surface area contributed by atoms with Gasteiger partial charge in [0.05, 0.1) is 0 Å². The molecule has 4 heteroatoms. The summed E-state index contributed by atoms with van der Waals surface area (Å²) in [5.41, 5.74) is 0. The second kappa shape index (κ2) is 16.0. The van der Waals surface area contributed by atoms with Gasteiger partial charge in [0.25, 0.3) is 0 Å². The number of hydrogen-bond donors (Lipinski definition) is 0. The van der Waals surface area contributed by atoms with E-state index in [1.165, 1.54) is 0 Å². The first-order valence-corrected chi connectivity index (χ1v) is 0. The molecule has 0 radical (unpaired) electrons. The smallest absolute Gasteiger partial charge is 1.00 e. The molecule has 0 aromatic heterocycles. The SMILES string of the molecule is [As-3].[Na+].[Na+].[Na+]. The standard InChI is InChI=1S/As.3Na/q-3;3*+1. The minimum absolute atomic E-state index is 0. The van der Waals surface area contributed by atoms with Crippen molar-refractivity contribution in [3.8, 4) is 0 Å². The van der Waals surface area contributed by atoms with Crippen LogP contribution in [0.25, 0.3) is 0 Å². The van der Waals surface area contributed by atoms with Crippen LogP contribution in [0.3, 0.4) is 0 Å². The van der Waals surface area contributed by atoms with E-state index < -0.39 is 0 Å². The predicted octanol–water partition coefficient (Wildman–Crippen LogP) is -9.37. The molecule has 0 aliphatic heterocycles. The Kier molecular flexibility index (Phi) is 103. The van der Waals surface area contributed by atoms with Gasteiger partial charge in [-0.25, -0.2) is 0 Å². The van der Waals surface area contributed by atoms with E-state index >= 15 is 0 Å². The fraction of sp³-hybridized carbons (Fsp3) is 0. The first-order valence-electron chi connectivity index (χ1n) is 0. The van der Waals surface area contributed by atoms with Crippen LogP contribution in [-0.2, 0) is 0 Å². The first-order chi connectivity index (χ1) is 0. The zero-order chi connectivity index (χ0) is 0. The summed E-state index contributed by atoms with van der Waals surface area (Å²) in [5.74, 6) is 0. The Balaban J connectivity index is 0. The van der Waals surface area contributed by atoms with Gasteiger partial charge in [-0.3, -0.25) is 0 Å². The van der Waals surface area contributed by atoms with Crippen LogP contribution in [0.1, 0.15) is 0 Å². The quantitative estimate of drug-likeness (QED) is 0.296. The topological polar surface area (TPSA) is 0 Å². The van der Waals surface area contributed by atoms with Crippen LogP contribution in [0.4, 0.5) is 0 Å². The predicted molar refractivity (Wildman–Crippen MR) is 5.75 cm³/mol. The molecule has 4 heavy (non-hydrogen) atoms. The van der Waals surface area contributed by atoms with Crippen LogP contribution in [0.5, 0.6) is 0 Å². The summed E-state index contributed by atoms with van der Waals surface area (Å²) >= 11 is 0. The van der Waals surface area contributed by atoms with Gasteiger partial charge in [-0.2, -0.15) is 0 Å². The van der Waals surface area contributed by atoms with E-state index in [4.69, 9.17) is 0 Å². The van der Waals surface area contributed by atoms with Crippen molar-refractivity contribution in [3.05, 3.63) is 0 Å². The van der Waals surface area contributed by atoms with Gasteiger partial charge in [0.15, 0.2) is 0 Å². The van der Waals surface area contributed by atoms with Gasteiger partial charge in [-0.15, -0.1) is 0 Å². The molecule has 0 aliphatic rings. The molecule has 0 aliphatic carbocycles. The summed E-state index contributed by atoms with van der Waals surface area (Å²) in [4.78, 5) is 0. The Morgan fingerprint density at radius 2 is 0.500 bits per heavy atom. The summed E-state index contributed by atoms with van der Waals surface area (Å²) in [6.07, 6.45) is 0. The van der Waals surface area contributed by atoms with Crippen molar-refractivity contribution in [1.29, 1.82) is 0 Å². The summed E-state index contributed by atoms with van der Waals surface area (Å²) in [6, 6.07) is 0. The summed E-state index contributed by atoms with van der Waals surface area (Å²) in [5, 5.41) is 0. The maximum atomic E-state index is 0. The Morgan fingerprint density at radius 1 is 0.500 bits per heavy atom. The Bertz CT molecular complexity index is 3.25. The molecular formula is AsNa3. The fourth-order valence-electron chi connectivity index (χ4n) is 0. The Labute approximate surface area is 104 Å². The molecule has 0 atom stereocenters. The molecule has 0 spiro atoms. The van der Waals surface area contributed by atoms with E-state index in [9.17, 15) is 0 Å². The minimum Gasteiger partial charge on any atom is -3.00 e. The van der Waals surface area contributed by atoms with Crippen LogP contribution < -0.4 is 88.7 Å². The zero-order valence-corrected chi connectivity index (χ0v) is 11.3. The molecule has 0 heterocycles. The molecule has 0 fully saturated rings. The molecule has 0 saturated carbocycles. The first kappa shape index (κ1) is 25.7. The van der Waals surface area contributed by atoms with Crippen molar-refractivity contribution in [1.82, 2.24) is 0 Å². The number of rotatable bonds is 0. The molecule has 0 aromatic rings. The molecule has 8 valence electrons. The third-order valence-electron chi connectivity index (χ3n) is 0. The van der Waals surface area contributed by atoms with Crippen molar-refractivity contribution in [2.45, 2.75) is 0 Å². The minimum atomic E-state index is 0. The molecule has 0 nitrogen and oxygen atoms in total. The van der Waals surface area contributed by atoms with Crippen LogP contribution in [0.15, 0.2) is 0 Å². The fourth-order valence-corrected chi connectivity index (χ4v) is 0. The van der Waals surface area contributed by atoms with E-state index in [1.54, 1.807) is 0 Å². The van der Waals surface area contributed by atoms with E-state index in [0.29, 0.717) is 0 Å². The Hall–Kier alpha value is 3.56. The van der Waals surface area contributed by atoms with Crippen LogP contribution in [-0.4, -0.2) is 18.0 Å². The van der Waals surface area contributed by atoms with Gasteiger partial charge in [-0.1, -0.05) is 0 Å². The average Bonchev–Trinajstić information content (AvgIpc) is 0. The van der Waals surface area contributed by atoms with Crippen molar-refractivity contribution >= 4 is 18.0 Å². The Morgan fingerprint density at radius 3 is 0.500 bits per heavy atom. The third kappa shape index (κ3) is 9.12. The van der Waals surface area contributed by atoms with Gasteiger partial charge in [0, 0.05) is 0 Å². The zero-order valence-electron chi connectivity index (χ0n) is 3.45. The van der Waals surface area contributed by atoms with E-state index in [0.717, 1.165) is 0 Å². The summed E-state index contributed by atoms with van der Waals surface area (Å²) in [6.45, 7) is 0. The average molecular weight is 144 g/mol. The molecule has 0 rings (SSSR count). The van der Waals surface area contributed by atoms with Gasteiger partial charge in [0.2, 0.25) is 0 Å². The van der Waals surface area contributed by atoms with E-state index in [1.807, 2.05) is 0 Å². The van der Waals surface area contributed by atoms with Crippen LogP contribution >= 0.6 is 0 Å². The maximum absolute atomic E-state index is 0. The van der Waals surface area contributed by atoms with Crippen LogP contribution in [0.2, 0.25) is 0 Å². The molecule has 0 bridgehead atoms. The van der Waals surface area contributed by atoms with Crippen molar-refractivity contribution in [2.75, 3.05) is 0 Å². The second-order valence-electron chi connectivity index (χ2n) is 0. The molecule has 0 N–H and O–H groups in total. The number of hydrogen-bond acceptors (Lipinski definition) is 0. The molecule has 0 unspecified atom stereocenters. The second-order valence-corrected chi connectivity index (χ2v) is 0. The summed E-state index contributed by atoms with van der Waals surface area (Å²) < 4.78 is 0. The molecular weight excluding hydrogens is 144 g/mol. The van der Waals surface area contributed by atoms with Gasteiger partial charge in [-0.05, 0) is 0 Å². The van der Waals surface area contributed by atoms with Gasteiger partial charge >= 0.3 is 88.7 Å². The summed E-state index contributed by atoms with van der Waals surface area (Å²) in [7, 11) is 0. The third-order valence-corrected chi connectivity index (χ3v) is 0. The van der Waals surface area contributed by atoms with E-state index in [2.05, 4.69) is 0 Å². The van der Waals surface area contributed by atoms with Gasteiger partial charge < -0.3 is 18.0 Å². The van der Waals surface area contributed by atoms with Gasteiger partial charge in [0.1, 0.15) is 0 Å². The van der Waals surface area contributed by atoms with Crippen molar-refractivity contribution < 1.29 is 88.7 Å². The normalized spacial score (nSPS) is 0. The molecule has 0 amide bonds. The monoisotopic (exact) mass is 144 g/mol. The molecule has 0 aromatic carbocycles. The largest absolute Gasteiger partial charge is 3.00 e.